The lowest BCUT2D eigenvalue weighted by Gasteiger charge is -2.25. The molecule has 0 spiro atoms. The highest BCUT2D eigenvalue weighted by Crippen LogP contribution is 2.32. The van der Waals surface area contributed by atoms with Crippen LogP contribution in [0.5, 0.6) is 5.88 Å². The van der Waals surface area contributed by atoms with Crippen LogP contribution in [0.25, 0.3) is 0 Å². The van der Waals surface area contributed by atoms with E-state index in [1.54, 1.807) is 11.3 Å². The van der Waals surface area contributed by atoms with Gasteiger partial charge in [-0.2, -0.15) is 5.10 Å². The van der Waals surface area contributed by atoms with Gasteiger partial charge < -0.3 is 10.5 Å². The molecule has 1 unspecified atom stereocenters. The minimum absolute atomic E-state index is 0.0103. The summed E-state index contributed by atoms with van der Waals surface area (Å²) >= 11 is 1.61. The van der Waals surface area contributed by atoms with Gasteiger partial charge in [0.1, 0.15) is 5.56 Å². The molecular formula is C17H20N4O3S. The minimum Gasteiger partial charge on any atom is -0.494 e. The summed E-state index contributed by atoms with van der Waals surface area (Å²) in [7, 11) is 0. The fraction of sp³-hybridized carbons (Fsp3) is 0.471. The molecule has 2 aliphatic rings. The first-order valence-corrected chi connectivity index (χ1v) is 9.46. The normalized spacial score (nSPS) is 21.1. The largest absolute Gasteiger partial charge is 0.494 e. The lowest BCUT2D eigenvalue weighted by atomic mass is 9.95. The Bertz CT molecular complexity index is 907. The summed E-state index contributed by atoms with van der Waals surface area (Å²) in [6, 6.07) is 3.89. The number of hydrazone groups is 1. The lowest BCUT2D eigenvalue weighted by molar-refractivity contribution is 0.298. The van der Waals surface area contributed by atoms with Gasteiger partial charge in [-0.15, -0.1) is 11.3 Å². The van der Waals surface area contributed by atoms with Crippen LogP contribution in [-0.4, -0.2) is 20.4 Å². The summed E-state index contributed by atoms with van der Waals surface area (Å²) < 4.78 is 1.34. The molecule has 3 N–H and O–H groups in total. The number of hydrogen-bond donors (Lipinski definition) is 3. The van der Waals surface area contributed by atoms with Crippen molar-refractivity contribution in [3.05, 3.63) is 48.8 Å². The van der Waals surface area contributed by atoms with Gasteiger partial charge in [-0.1, -0.05) is 25.3 Å². The first kappa shape index (κ1) is 16.1. The van der Waals surface area contributed by atoms with Gasteiger partial charge >= 0.3 is 5.69 Å². The number of hydrogen-bond acceptors (Lipinski definition) is 6. The van der Waals surface area contributed by atoms with E-state index in [9.17, 15) is 14.7 Å². The monoisotopic (exact) mass is 360 g/mol. The Morgan fingerprint density at radius 2 is 2.04 bits per heavy atom. The Kier molecular flexibility index (Phi) is 4.20. The van der Waals surface area contributed by atoms with E-state index in [1.807, 2.05) is 17.5 Å². The molecule has 8 heteroatoms. The van der Waals surface area contributed by atoms with Crippen molar-refractivity contribution in [2.45, 2.75) is 50.6 Å². The highest BCUT2D eigenvalue weighted by atomic mass is 32.1. The van der Waals surface area contributed by atoms with E-state index in [4.69, 9.17) is 0 Å². The second-order valence-electron chi connectivity index (χ2n) is 6.58. The molecule has 1 saturated carbocycles. The van der Waals surface area contributed by atoms with Gasteiger partial charge in [-0.3, -0.25) is 14.3 Å². The Hall–Kier alpha value is -2.35. The quantitative estimate of drug-likeness (QED) is 0.782. The predicted molar refractivity (Wildman–Crippen MR) is 96.5 cm³/mol. The van der Waals surface area contributed by atoms with Crippen LogP contribution in [0.15, 0.2) is 32.2 Å². The number of H-pyrrole nitrogens is 1. The molecule has 132 valence electrons. The smallest absolute Gasteiger partial charge is 0.331 e. The van der Waals surface area contributed by atoms with Crippen molar-refractivity contribution >= 4 is 17.0 Å². The molecular weight excluding hydrogens is 340 g/mol. The summed E-state index contributed by atoms with van der Waals surface area (Å²) in [5.74, 6) is -0.256. The molecule has 0 bridgehead atoms. The topological polar surface area (TPSA) is 99.5 Å². The van der Waals surface area contributed by atoms with E-state index in [-0.39, 0.29) is 23.5 Å². The summed E-state index contributed by atoms with van der Waals surface area (Å²) in [6.07, 6.45) is 5.35. The predicted octanol–water partition coefficient (Wildman–Crippen LogP) is 2.25. The molecule has 0 radical (unpaired) electrons. The molecule has 1 atom stereocenters. The highest BCUT2D eigenvalue weighted by Gasteiger charge is 2.29. The van der Waals surface area contributed by atoms with E-state index in [0.717, 1.165) is 37.0 Å². The molecule has 0 aromatic carbocycles. The average Bonchev–Trinajstić information content (AvgIpc) is 3.27. The molecule has 4 rings (SSSR count). The molecule has 3 heterocycles. The Balaban J connectivity index is 1.70. The standard InChI is InChI=1S/C17H20N4O3S/c22-15-14(12-9-11(19-20-12)13-7-4-8-25-13)16(23)21(17(24)18-15)10-5-2-1-3-6-10/h4,7-8,10-11,19,23H,1-3,5-6,9H2,(H,18,22,24). The Labute approximate surface area is 148 Å². The van der Waals surface area contributed by atoms with E-state index >= 15 is 0 Å². The fourth-order valence-electron chi connectivity index (χ4n) is 3.73. The van der Waals surface area contributed by atoms with Crippen molar-refractivity contribution in [2.24, 2.45) is 5.10 Å². The van der Waals surface area contributed by atoms with E-state index in [0.29, 0.717) is 12.1 Å². The van der Waals surface area contributed by atoms with Crippen molar-refractivity contribution in [1.82, 2.24) is 15.0 Å². The lowest BCUT2D eigenvalue weighted by Crippen LogP contribution is -2.36. The van der Waals surface area contributed by atoms with Crippen molar-refractivity contribution < 1.29 is 5.11 Å². The summed E-state index contributed by atoms with van der Waals surface area (Å²) in [4.78, 5) is 28.1. The highest BCUT2D eigenvalue weighted by molar-refractivity contribution is 7.10. The first-order valence-electron chi connectivity index (χ1n) is 8.59. The first-order chi connectivity index (χ1) is 12.1. The van der Waals surface area contributed by atoms with Crippen molar-refractivity contribution in [3.8, 4) is 5.88 Å². The second-order valence-corrected chi connectivity index (χ2v) is 7.56. The zero-order chi connectivity index (χ0) is 17.4. The number of aromatic hydroxyl groups is 1. The van der Waals surface area contributed by atoms with Crippen LogP contribution in [0.1, 0.15) is 61.0 Å². The molecule has 25 heavy (non-hydrogen) atoms. The number of aromatic amines is 1. The maximum atomic E-state index is 12.3. The van der Waals surface area contributed by atoms with Gasteiger partial charge in [-0.25, -0.2) is 4.79 Å². The van der Waals surface area contributed by atoms with Gasteiger partial charge in [0.05, 0.1) is 11.8 Å². The maximum absolute atomic E-state index is 12.3. The maximum Gasteiger partial charge on any atom is 0.331 e. The third-order valence-electron chi connectivity index (χ3n) is 4.99. The van der Waals surface area contributed by atoms with Crippen LogP contribution in [0, 0.1) is 0 Å². The van der Waals surface area contributed by atoms with Crippen LogP contribution >= 0.6 is 11.3 Å². The molecule has 1 fully saturated rings. The van der Waals surface area contributed by atoms with Crippen LogP contribution in [-0.2, 0) is 0 Å². The van der Waals surface area contributed by atoms with Crippen molar-refractivity contribution in [1.29, 1.82) is 0 Å². The summed E-state index contributed by atoms with van der Waals surface area (Å²) in [6.45, 7) is 0. The molecule has 0 saturated heterocycles. The zero-order valence-corrected chi connectivity index (χ0v) is 14.5. The van der Waals surface area contributed by atoms with Crippen LogP contribution in [0.3, 0.4) is 0 Å². The van der Waals surface area contributed by atoms with Crippen LogP contribution < -0.4 is 16.7 Å². The molecule has 7 nitrogen and oxygen atoms in total. The number of rotatable bonds is 3. The van der Waals surface area contributed by atoms with Crippen LogP contribution in [0.2, 0.25) is 0 Å². The van der Waals surface area contributed by atoms with Crippen molar-refractivity contribution in [2.75, 3.05) is 0 Å². The number of nitrogens with zero attached hydrogens (tertiary/aromatic N) is 2. The van der Waals surface area contributed by atoms with Crippen molar-refractivity contribution in [3.63, 3.8) is 0 Å². The summed E-state index contributed by atoms with van der Waals surface area (Å²) in [5.41, 5.74) is 2.49. The van der Waals surface area contributed by atoms with Crippen LogP contribution in [0.4, 0.5) is 0 Å². The van der Waals surface area contributed by atoms with Gasteiger partial charge in [0.25, 0.3) is 5.56 Å². The number of thiophene rings is 1. The Morgan fingerprint density at radius 1 is 1.24 bits per heavy atom. The van der Waals surface area contributed by atoms with E-state index < -0.39 is 11.2 Å². The van der Waals surface area contributed by atoms with E-state index in [2.05, 4.69) is 15.5 Å². The third kappa shape index (κ3) is 2.90. The van der Waals surface area contributed by atoms with Gasteiger partial charge in [-0.05, 0) is 24.3 Å². The zero-order valence-electron chi connectivity index (χ0n) is 13.7. The Morgan fingerprint density at radius 3 is 2.76 bits per heavy atom. The molecule has 2 aromatic heterocycles. The third-order valence-corrected chi connectivity index (χ3v) is 5.97. The van der Waals surface area contributed by atoms with E-state index in [1.165, 1.54) is 4.57 Å². The molecule has 1 aliphatic carbocycles. The number of aromatic nitrogens is 2. The van der Waals surface area contributed by atoms with Gasteiger partial charge in [0.15, 0.2) is 0 Å². The van der Waals surface area contributed by atoms with Gasteiger partial charge in [0.2, 0.25) is 5.88 Å². The number of nitrogens with one attached hydrogen (secondary N) is 2. The average molecular weight is 360 g/mol. The molecule has 2 aromatic rings. The molecule has 1 aliphatic heterocycles. The summed E-state index contributed by atoms with van der Waals surface area (Å²) in [5, 5.41) is 17.0. The van der Waals surface area contributed by atoms with Gasteiger partial charge in [0, 0.05) is 17.3 Å². The SMILES string of the molecule is O=c1[nH]c(=O)n(C2CCCCC2)c(O)c1C1=NNC(c2cccs2)C1. The molecule has 0 amide bonds. The fourth-order valence-corrected chi connectivity index (χ4v) is 4.50. The second kappa shape index (κ2) is 6.51. The minimum atomic E-state index is -0.582.